The van der Waals surface area contributed by atoms with Gasteiger partial charge in [0.05, 0.1) is 0 Å². The van der Waals surface area contributed by atoms with Crippen LogP contribution >= 0.6 is 0 Å². The minimum Gasteiger partial charge on any atom is -0.300 e. The third-order valence-corrected chi connectivity index (χ3v) is 5.59. The second kappa shape index (κ2) is 5.92. The average Bonchev–Trinajstić information content (AvgIpc) is 2.87. The largest absolute Gasteiger partial charge is 0.300 e. The minimum absolute atomic E-state index is 0.917. The van der Waals surface area contributed by atoms with Crippen molar-refractivity contribution in [3.8, 4) is 0 Å². The molecule has 2 nitrogen and oxygen atoms in total. The summed E-state index contributed by atoms with van der Waals surface area (Å²) < 4.78 is 0. The first-order valence-corrected chi connectivity index (χ1v) is 8.31. The first-order chi connectivity index (χ1) is 8.83. The number of nitrogens with zero attached hydrogens (tertiary/aromatic N) is 2. The smallest absolute Gasteiger partial charge is 0.0120 e. The van der Waals surface area contributed by atoms with Crippen molar-refractivity contribution < 1.29 is 0 Å². The van der Waals surface area contributed by atoms with Gasteiger partial charge in [-0.15, -0.1) is 0 Å². The van der Waals surface area contributed by atoms with E-state index in [-0.39, 0.29) is 0 Å². The zero-order chi connectivity index (χ0) is 12.4. The molecule has 0 spiro atoms. The average molecular weight is 250 g/mol. The van der Waals surface area contributed by atoms with E-state index in [1.165, 1.54) is 77.5 Å². The molecule has 0 radical (unpaired) electrons. The van der Waals surface area contributed by atoms with E-state index in [1.807, 2.05) is 0 Å². The number of piperidine rings is 2. The standard InChI is InChI=1S/C16H30N2/c1-14-5-6-16(13-14)18-11-7-15(8-12-18)17-9-3-2-4-10-17/h14-16H,2-13H2,1H3/t14-,16-/m0/s1. The lowest BCUT2D eigenvalue weighted by Crippen LogP contribution is -2.48. The van der Waals surface area contributed by atoms with Crippen molar-refractivity contribution in [2.75, 3.05) is 26.2 Å². The van der Waals surface area contributed by atoms with Gasteiger partial charge in [-0.05, 0) is 77.0 Å². The molecule has 104 valence electrons. The van der Waals surface area contributed by atoms with Crippen LogP contribution in [-0.2, 0) is 0 Å². The normalized spacial score (nSPS) is 37.2. The first kappa shape index (κ1) is 12.9. The fourth-order valence-corrected chi connectivity index (χ4v) is 4.41. The van der Waals surface area contributed by atoms with Crippen LogP contribution in [-0.4, -0.2) is 48.1 Å². The van der Waals surface area contributed by atoms with E-state index in [1.54, 1.807) is 0 Å². The molecular formula is C16H30N2. The highest BCUT2D eigenvalue weighted by Crippen LogP contribution is 2.31. The highest BCUT2D eigenvalue weighted by atomic mass is 15.2. The Hall–Kier alpha value is -0.0800. The molecule has 2 aliphatic heterocycles. The molecule has 3 fully saturated rings. The maximum Gasteiger partial charge on any atom is 0.0120 e. The molecule has 0 aromatic carbocycles. The van der Waals surface area contributed by atoms with Gasteiger partial charge in [-0.1, -0.05) is 13.3 Å². The maximum absolute atomic E-state index is 2.81. The van der Waals surface area contributed by atoms with E-state index in [4.69, 9.17) is 0 Å². The van der Waals surface area contributed by atoms with Gasteiger partial charge in [-0.25, -0.2) is 0 Å². The van der Waals surface area contributed by atoms with Crippen LogP contribution < -0.4 is 0 Å². The fraction of sp³-hybridized carbons (Fsp3) is 1.00. The van der Waals surface area contributed by atoms with Crippen LogP contribution in [0.15, 0.2) is 0 Å². The summed E-state index contributed by atoms with van der Waals surface area (Å²) in [6, 6.07) is 1.85. The summed E-state index contributed by atoms with van der Waals surface area (Å²) >= 11 is 0. The molecule has 2 saturated heterocycles. The summed E-state index contributed by atoms with van der Waals surface area (Å²) in [6.07, 6.45) is 11.6. The predicted molar refractivity (Wildman–Crippen MR) is 76.8 cm³/mol. The summed E-state index contributed by atoms with van der Waals surface area (Å²) in [5.74, 6) is 0.981. The lowest BCUT2D eigenvalue weighted by molar-refractivity contribution is 0.0726. The van der Waals surface area contributed by atoms with E-state index in [2.05, 4.69) is 16.7 Å². The van der Waals surface area contributed by atoms with E-state index in [9.17, 15) is 0 Å². The zero-order valence-electron chi connectivity index (χ0n) is 12.1. The fourth-order valence-electron chi connectivity index (χ4n) is 4.41. The maximum atomic E-state index is 2.81. The molecule has 0 aromatic heterocycles. The molecule has 3 aliphatic rings. The van der Waals surface area contributed by atoms with Crippen molar-refractivity contribution in [1.29, 1.82) is 0 Å². The monoisotopic (exact) mass is 250 g/mol. The van der Waals surface area contributed by atoms with E-state index >= 15 is 0 Å². The van der Waals surface area contributed by atoms with Gasteiger partial charge in [-0.2, -0.15) is 0 Å². The van der Waals surface area contributed by atoms with Gasteiger partial charge in [0.1, 0.15) is 0 Å². The van der Waals surface area contributed by atoms with Crippen molar-refractivity contribution >= 4 is 0 Å². The van der Waals surface area contributed by atoms with Crippen LogP contribution in [0.3, 0.4) is 0 Å². The highest BCUT2D eigenvalue weighted by Gasteiger charge is 2.31. The van der Waals surface area contributed by atoms with Gasteiger partial charge in [0, 0.05) is 12.1 Å². The SMILES string of the molecule is C[C@H]1CC[C@H](N2CCC(N3CCCCC3)CC2)C1. The van der Waals surface area contributed by atoms with Gasteiger partial charge in [-0.3, -0.25) is 0 Å². The Morgan fingerprint density at radius 3 is 1.94 bits per heavy atom. The van der Waals surface area contributed by atoms with Crippen molar-refractivity contribution in [2.24, 2.45) is 5.92 Å². The summed E-state index contributed by atoms with van der Waals surface area (Å²) in [6.45, 7) is 7.94. The molecule has 2 heteroatoms. The van der Waals surface area contributed by atoms with Gasteiger partial charge in [0.2, 0.25) is 0 Å². The van der Waals surface area contributed by atoms with Crippen molar-refractivity contribution in [3.63, 3.8) is 0 Å². The Bertz CT molecular complexity index is 239. The highest BCUT2D eigenvalue weighted by molar-refractivity contribution is 4.87. The van der Waals surface area contributed by atoms with Crippen LogP contribution in [0.5, 0.6) is 0 Å². The molecule has 3 rings (SSSR count). The van der Waals surface area contributed by atoms with E-state index < -0.39 is 0 Å². The number of likely N-dealkylation sites (tertiary alicyclic amines) is 2. The Balaban J connectivity index is 1.45. The van der Waals surface area contributed by atoms with Crippen LogP contribution in [0.4, 0.5) is 0 Å². The van der Waals surface area contributed by atoms with Crippen LogP contribution in [0, 0.1) is 5.92 Å². The zero-order valence-corrected chi connectivity index (χ0v) is 12.1. The Kier molecular flexibility index (Phi) is 4.25. The molecule has 0 bridgehead atoms. The summed E-state index contributed by atoms with van der Waals surface area (Å²) in [7, 11) is 0. The van der Waals surface area contributed by atoms with Gasteiger partial charge in [0.15, 0.2) is 0 Å². The molecule has 2 atom stereocenters. The molecule has 0 aromatic rings. The van der Waals surface area contributed by atoms with E-state index in [0.717, 1.165) is 18.0 Å². The lowest BCUT2D eigenvalue weighted by Gasteiger charge is -2.42. The third kappa shape index (κ3) is 2.91. The molecule has 1 aliphatic carbocycles. The van der Waals surface area contributed by atoms with Gasteiger partial charge >= 0.3 is 0 Å². The van der Waals surface area contributed by atoms with Crippen molar-refractivity contribution in [3.05, 3.63) is 0 Å². The summed E-state index contributed by atoms with van der Waals surface area (Å²) in [4.78, 5) is 5.60. The Morgan fingerprint density at radius 1 is 0.667 bits per heavy atom. The third-order valence-electron chi connectivity index (χ3n) is 5.59. The molecule has 1 saturated carbocycles. The minimum atomic E-state index is 0.917. The molecule has 0 unspecified atom stereocenters. The van der Waals surface area contributed by atoms with Crippen LogP contribution in [0.1, 0.15) is 58.3 Å². The topological polar surface area (TPSA) is 6.48 Å². The summed E-state index contributed by atoms with van der Waals surface area (Å²) in [5, 5.41) is 0. The molecule has 2 heterocycles. The van der Waals surface area contributed by atoms with Crippen molar-refractivity contribution in [2.45, 2.75) is 70.4 Å². The van der Waals surface area contributed by atoms with Gasteiger partial charge in [0.25, 0.3) is 0 Å². The van der Waals surface area contributed by atoms with E-state index in [0.29, 0.717) is 0 Å². The first-order valence-electron chi connectivity index (χ1n) is 8.31. The molecule has 18 heavy (non-hydrogen) atoms. The Labute approximate surface area is 113 Å². The van der Waals surface area contributed by atoms with Crippen LogP contribution in [0.25, 0.3) is 0 Å². The second-order valence-corrected chi connectivity index (χ2v) is 6.94. The number of hydrogen-bond donors (Lipinski definition) is 0. The molecular weight excluding hydrogens is 220 g/mol. The lowest BCUT2D eigenvalue weighted by atomic mass is 9.98. The number of rotatable bonds is 2. The summed E-state index contributed by atoms with van der Waals surface area (Å²) in [5.41, 5.74) is 0. The van der Waals surface area contributed by atoms with Crippen LogP contribution in [0.2, 0.25) is 0 Å². The number of hydrogen-bond acceptors (Lipinski definition) is 2. The second-order valence-electron chi connectivity index (χ2n) is 6.94. The Morgan fingerprint density at radius 2 is 1.33 bits per heavy atom. The molecule has 0 N–H and O–H groups in total. The predicted octanol–water partition coefficient (Wildman–Crippen LogP) is 3.13. The quantitative estimate of drug-likeness (QED) is 0.743. The van der Waals surface area contributed by atoms with Gasteiger partial charge < -0.3 is 9.80 Å². The van der Waals surface area contributed by atoms with Crippen molar-refractivity contribution in [1.82, 2.24) is 9.80 Å². The molecule has 0 amide bonds.